The van der Waals surface area contributed by atoms with Crippen molar-refractivity contribution in [3.63, 3.8) is 0 Å². The van der Waals surface area contributed by atoms with Crippen LogP contribution in [0.3, 0.4) is 0 Å². The second-order valence-electron chi connectivity index (χ2n) is 15.9. The van der Waals surface area contributed by atoms with Gasteiger partial charge in [-0.2, -0.15) is 0 Å². The summed E-state index contributed by atoms with van der Waals surface area (Å²) in [6, 6.07) is 0.291. The minimum Gasteiger partial charge on any atom is -0.390 e. The summed E-state index contributed by atoms with van der Waals surface area (Å²) in [6.07, 6.45) is -0.704. The van der Waals surface area contributed by atoms with Crippen LogP contribution < -0.4 is 0 Å². The fraction of sp³-hybridized carbons (Fsp3) is 0.944. The maximum absolute atomic E-state index is 12.7. The van der Waals surface area contributed by atoms with Gasteiger partial charge in [0.2, 0.25) is 0 Å². The van der Waals surface area contributed by atoms with Gasteiger partial charge in [-0.15, -0.1) is 0 Å². The summed E-state index contributed by atoms with van der Waals surface area (Å²) in [6.45, 7) is 34.4. The number of carbonyl (C=O) groups excluding carboxylic acids is 2. The first-order valence-corrected chi connectivity index (χ1v) is 20.1. The quantitative estimate of drug-likeness (QED) is 0.253. The van der Waals surface area contributed by atoms with Crippen molar-refractivity contribution in [2.24, 2.45) is 0 Å². The van der Waals surface area contributed by atoms with E-state index in [-0.39, 0.29) is 24.3 Å². The van der Waals surface area contributed by atoms with Crippen LogP contribution in [0, 0.1) is 0 Å². The highest BCUT2D eigenvalue weighted by Crippen LogP contribution is 2.24. The van der Waals surface area contributed by atoms with Crippen LogP contribution in [0.2, 0.25) is 0 Å². The van der Waals surface area contributed by atoms with Gasteiger partial charge >= 0.3 is 12.1 Å². The number of urea groups is 2. The summed E-state index contributed by atoms with van der Waals surface area (Å²) in [4.78, 5) is 42.6. The molecule has 5 saturated heterocycles. The zero-order valence-corrected chi connectivity index (χ0v) is 32.1. The highest BCUT2D eigenvalue weighted by molar-refractivity contribution is 5.75. The maximum Gasteiger partial charge on any atom is 0.320 e. The highest BCUT2D eigenvalue weighted by atomic mass is 16.3. The highest BCUT2D eigenvalue weighted by Gasteiger charge is 2.45. The van der Waals surface area contributed by atoms with Gasteiger partial charge in [-0.3, -0.25) is 19.6 Å². The lowest BCUT2D eigenvalue weighted by Gasteiger charge is -2.54. The summed E-state index contributed by atoms with van der Waals surface area (Å²) in [5, 5.41) is 21.9. The molecule has 4 amide bonds. The molecule has 0 bridgehead atoms. The number of nitrogens with zero attached hydrogens (tertiary/aromatic N) is 10. The minimum absolute atomic E-state index is 0.146. The van der Waals surface area contributed by atoms with Gasteiger partial charge in [0.05, 0.1) is 38.4 Å². The number of quaternary nitrogens is 2. The Morgan fingerprint density at radius 3 is 0.980 bits per heavy atom. The molecule has 5 fully saturated rings. The van der Waals surface area contributed by atoms with E-state index in [0.29, 0.717) is 13.1 Å². The zero-order valence-electron chi connectivity index (χ0n) is 32.1. The Bertz CT molecular complexity index is 951. The topological polar surface area (TPSA) is 101 Å². The van der Waals surface area contributed by atoms with E-state index in [1.54, 1.807) is 0 Å². The average Bonchev–Trinajstić information content (AvgIpc) is 3.13. The Morgan fingerprint density at radius 2 is 0.720 bits per heavy atom. The molecule has 50 heavy (non-hydrogen) atoms. The summed E-state index contributed by atoms with van der Waals surface area (Å²) >= 11 is 0. The number of piperazine rings is 5. The molecule has 2 N–H and O–H groups in total. The lowest BCUT2D eigenvalue weighted by molar-refractivity contribution is -1.03. The van der Waals surface area contributed by atoms with Crippen LogP contribution in [-0.4, -0.2) is 266 Å². The summed E-state index contributed by atoms with van der Waals surface area (Å²) in [5.41, 5.74) is 0. The number of rotatable bonds is 12. The largest absolute Gasteiger partial charge is 0.390 e. The average molecular weight is 709 g/mol. The predicted octanol–water partition coefficient (Wildman–Crippen LogP) is -0.855. The molecule has 0 aliphatic carbocycles. The van der Waals surface area contributed by atoms with Crippen molar-refractivity contribution in [1.29, 1.82) is 0 Å². The van der Waals surface area contributed by atoms with E-state index in [4.69, 9.17) is 0 Å². The normalized spacial score (nSPS) is 25.2. The number of β-amino-alcohol motifs (C(OH)–C–C–N with tert-alkyl or cyclic N) is 2. The molecule has 5 aliphatic heterocycles. The lowest BCUT2D eigenvalue weighted by atomic mass is 10.1. The van der Waals surface area contributed by atoms with Crippen LogP contribution in [-0.2, 0) is 0 Å². The van der Waals surface area contributed by atoms with E-state index in [0.717, 1.165) is 118 Å². The fourth-order valence-electron chi connectivity index (χ4n) is 9.13. The van der Waals surface area contributed by atoms with Crippen molar-refractivity contribution in [2.75, 3.05) is 183 Å². The first-order valence-electron chi connectivity index (χ1n) is 20.1. The first-order chi connectivity index (χ1) is 24.1. The van der Waals surface area contributed by atoms with Crippen LogP contribution in [0.4, 0.5) is 9.59 Å². The molecule has 14 nitrogen and oxygen atoms in total. The smallest absolute Gasteiger partial charge is 0.320 e. The molecule has 0 aromatic rings. The van der Waals surface area contributed by atoms with Crippen molar-refractivity contribution in [2.45, 2.75) is 39.9 Å². The molecule has 5 rings (SSSR count). The SMILES string of the molecule is CCN(CC)C(=O)N1CCN(CC(O)CN2CC[N+]3(CC2)CC[N+]2(CCN(CC(O)CN4CCN(C(=O)N(CC)CC)CC4)CC2)CC3)CC1. The molecule has 0 radical (unpaired) electrons. The van der Waals surface area contributed by atoms with E-state index in [1.165, 1.54) is 61.3 Å². The van der Waals surface area contributed by atoms with Gasteiger partial charge in [0.25, 0.3) is 0 Å². The Morgan fingerprint density at radius 1 is 0.460 bits per heavy atom. The van der Waals surface area contributed by atoms with Gasteiger partial charge in [0, 0.05) is 131 Å². The number of carbonyl (C=O) groups is 2. The van der Waals surface area contributed by atoms with E-state index in [1.807, 2.05) is 47.3 Å². The number of aliphatic hydroxyl groups is 2. The third-order valence-corrected chi connectivity index (χ3v) is 12.9. The fourth-order valence-corrected chi connectivity index (χ4v) is 9.13. The van der Waals surface area contributed by atoms with Crippen molar-refractivity contribution in [3.8, 4) is 0 Å². The molecule has 288 valence electrons. The van der Waals surface area contributed by atoms with Crippen LogP contribution in [0.15, 0.2) is 0 Å². The molecular weight excluding hydrogens is 636 g/mol. The van der Waals surface area contributed by atoms with E-state index in [2.05, 4.69) is 19.6 Å². The molecule has 0 saturated carbocycles. The second kappa shape index (κ2) is 18.3. The van der Waals surface area contributed by atoms with Crippen LogP contribution >= 0.6 is 0 Å². The van der Waals surface area contributed by atoms with Crippen LogP contribution in [0.1, 0.15) is 27.7 Å². The number of amides is 4. The molecule has 0 aromatic carbocycles. The lowest BCUT2D eigenvalue weighted by Crippen LogP contribution is -2.73. The number of aliphatic hydroxyl groups excluding tert-OH is 2. The van der Waals surface area contributed by atoms with Crippen molar-refractivity contribution < 1.29 is 28.8 Å². The monoisotopic (exact) mass is 709 g/mol. The Balaban J connectivity index is 0.939. The van der Waals surface area contributed by atoms with Gasteiger partial charge in [0.15, 0.2) is 0 Å². The first kappa shape index (κ1) is 39.4. The predicted molar refractivity (Wildman–Crippen MR) is 197 cm³/mol. The molecule has 2 unspecified atom stereocenters. The van der Waals surface area contributed by atoms with Gasteiger partial charge in [-0.1, -0.05) is 0 Å². The van der Waals surface area contributed by atoms with Crippen LogP contribution in [0.5, 0.6) is 0 Å². The third-order valence-electron chi connectivity index (χ3n) is 12.9. The zero-order chi connectivity index (χ0) is 35.7. The standard InChI is InChI=1S/C36H72N10O4/c1-5-41(6-2)35(49)43-13-9-37(10-14-43)29-33(47)31-39-17-21-45(22-18-39)25-27-46(28-26-45)23-19-40(20-24-46)32-34(48)30-38-11-15-44(16-12-38)36(50)42(7-3)8-4/h33-34,47-48H,5-32H2,1-4H3/q+2. The molecule has 2 spiro atoms. The molecular formula is C36H72N10O4+2. The summed E-state index contributed by atoms with van der Waals surface area (Å²) < 4.78 is 2.48. The Kier molecular flexibility index (Phi) is 14.4. The third kappa shape index (κ3) is 10.2. The number of hydrogen-bond donors (Lipinski definition) is 2. The maximum atomic E-state index is 12.7. The van der Waals surface area contributed by atoms with Crippen molar-refractivity contribution >= 4 is 12.1 Å². The Hall–Kier alpha value is -1.78. The molecule has 14 heteroatoms. The van der Waals surface area contributed by atoms with E-state index >= 15 is 0 Å². The second-order valence-corrected chi connectivity index (χ2v) is 15.9. The van der Waals surface area contributed by atoms with Crippen molar-refractivity contribution in [1.82, 2.24) is 39.2 Å². The van der Waals surface area contributed by atoms with Gasteiger partial charge in [0.1, 0.15) is 26.2 Å². The van der Waals surface area contributed by atoms with Crippen LogP contribution in [0.25, 0.3) is 0 Å². The Labute approximate surface area is 302 Å². The minimum atomic E-state index is -0.352. The molecule has 0 aromatic heterocycles. The van der Waals surface area contributed by atoms with E-state index < -0.39 is 0 Å². The van der Waals surface area contributed by atoms with E-state index in [9.17, 15) is 19.8 Å². The molecule has 5 aliphatic rings. The van der Waals surface area contributed by atoms with Gasteiger partial charge in [-0.05, 0) is 27.7 Å². The number of hydrogen-bond acceptors (Lipinski definition) is 8. The van der Waals surface area contributed by atoms with Gasteiger partial charge < -0.3 is 38.8 Å². The van der Waals surface area contributed by atoms with Gasteiger partial charge in [-0.25, -0.2) is 9.59 Å². The summed E-state index contributed by atoms with van der Waals surface area (Å²) in [7, 11) is 0. The molecule has 5 heterocycles. The molecule has 2 atom stereocenters. The summed E-state index contributed by atoms with van der Waals surface area (Å²) in [5.74, 6) is 0. The van der Waals surface area contributed by atoms with Crippen molar-refractivity contribution in [3.05, 3.63) is 0 Å².